The van der Waals surface area contributed by atoms with E-state index in [0.717, 1.165) is 11.9 Å². The van der Waals surface area contributed by atoms with Crippen molar-refractivity contribution in [2.45, 2.75) is 12.3 Å². The fourth-order valence-electron chi connectivity index (χ4n) is 3.28. The highest BCUT2D eigenvalue weighted by molar-refractivity contribution is 5.94. The van der Waals surface area contributed by atoms with Crippen LogP contribution in [-0.2, 0) is 0 Å². The minimum Gasteiger partial charge on any atom is -0.459 e. The highest BCUT2D eigenvalue weighted by atomic mass is 16.5. The monoisotopic (exact) mass is 361 g/mol. The number of hydrogen-bond acceptors (Lipinski definition) is 7. The summed E-state index contributed by atoms with van der Waals surface area (Å²) in [6.45, 7) is 1.13. The lowest BCUT2D eigenvalue weighted by Crippen LogP contribution is -2.29. The molecule has 1 fully saturated rings. The molecule has 0 aliphatic carbocycles. The molecule has 3 aromatic heterocycles. The van der Waals surface area contributed by atoms with Crippen molar-refractivity contribution >= 4 is 16.9 Å². The van der Waals surface area contributed by atoms with Gasteiger partial charge in [-0.15, -0.1) is 0 Å². The Morgan fingerprint density at radius 3 is 2.85 bits per heavy atom. The molecule has 4 heterocycles. The number of amides is 1. The van der Waals surface area contributed by atoms with E-state index in [2.05, 4.69) is 20.1 Å². The SMILES string of the molecule is O=C(c1cnc2ccccc2n1)N1CC[C@@H](c2noc(-c3ccco3)n2)C1. The van der Waals surface area contributed by atoms with E-state index in [9.17, 15) is 4.79 Å². The van der Waals surface area contributed by atoms with Crippen molar-refractivity contribution in [3.63, 3.8) is 0 Å². The fraction of sp³-hybridized carbons (Fsp3) is 0.211. The molecule has 27 heavy (non-hydrogen) atoms. The number of carbonyl (C=O) groups excluding carboxylic acids is 1. The maximum atomic E-state index is 12.8. The average molecular weight is 361 g/mol. The third-order valence-electron chi connectivity index (χ3n) is 4.68. The van der Waals surface area contributed by atoms with Gasteiger partial charge in [-0.3, -0.25) is 9.78 Å². The van der Waals surface area contributed by atoms with Gasteiger partial charge in [0.05, 0.1) is 23.5 Å². The zero-order valence-corrected chi connectivity index (χ0v) is 14.3. The van der Waals surface area contributed by atoms with Gasteiger partial charge in [0, 0.05) is 19.0 Å². The Bertz CT molecular complexity index is 1110. The molecule has 134 valence electrons. The van der Waals surface area contributed by atoms with Crippen molar-refractivity contribution in [1.82, 2.24) is 25.0 Å². The molecule has 0 unspecified atom stereocenters. The number of fused-ring (bicyclic) bond motifs is 1. The Hall–Kier alpha value is -3.55. The standard InChI is InChI=1S/C19H15N5O3/c25-19(15-10-20-13-4-1-2-5-14(13)21-15)24-8-7-12(11-24)17-22-18(27-23-17)16-6-3-9-26-16/h1-6,9-10,12H,7-8,11H2/t12-/m1/s1. The smallest absolute Gasteiger partial charge is 0.293 e. The van der Waals surface area contributed by atoms with Gasteiger partial charge in [-0.25, -0.2) is 4.98 Å². The minimum atomic E-state index is -0.134. The van der Waals surface area contributed by atoms with Crippen molar-refractivity contribution < 1.29 is 13.7 Å². The summed E-state index contributed by atoms with van der Waals surface area (Å²) in [7, 11) is 0. The number of furan rings is 1. The van der Waals surface area contributed by atoms with Crippen molar-refractivity contribution in [2.75, 3.05) is 13.1 Å². The second-order valence-electron chi connectivity index (χ2n) is 6.42. The van der Waals surface area contributed by atoms with Gasteiger partial charge in [-0.2, -0.15) is 4.98 Å². The van der Waals surface area contributed by atoms with E-state index in [4.69, 9.17) is 8.94 Å². The number of para-hydroxylation sites is 2. The van der Waals surface area contributed by atoms with Crippen LogP contribution in [-0.4, -0.2) is 44.0 Å². The van der Waals surface area contributed by atoms with Crippen LogP contribution >= 0.6 is 0 Å². The van der Waals surface area contributed by atoms with Crippen LogP contribution in [0.1, 0.15) is 28.7 Å². The Morgan fingerprint density at radius 1 is 1.11 bits per heavy atom. The molecule has 1 saturated heterocycles. The summed E-state index contributed by atoms with van der Waals surface area (Å²) in [4.78, 5) is 27.7. The number of carbonyl (C=O) groups is 1. The number of rotatable bonds is 3. The molecule has 1 aliphatic rings. The maximum Gasteiger partial charge on any atom is 0.293 e. The minimum absolute atomic E-state index is 0.0230. The molecule has 0 saturated carbocycles. The second kappa shape index (κ2) is 6.31. The highest BCUT2D eigenvalue weighted by Gasteiger charge is 2.32. The average Bonchev–Trinajstić information content (AvgIpc) is 3.47. The predicted molar refractivity (Wildman–Crippen MR) is 94.8 cm³/mol. The van der Waals surface area contributed by atoms with Crippen LogP contribution in [0, 0.1) is 0 Å². The molecule has 0 bridgehead atoms. The fourth-order valence-corrected chi connectivity index (χ4v) is 3.28. The van der Waals surface area contributed by atoms with Gasteiger partial charge >= 0.3 is 0 Å². The molecule has 8 nitrogen and oxygen atoms in total. The third-order valence-corrected chi connectivity index (χ3v) is 4.68. The Balaban J connectivity index is 1.33. The van der Waals surface area contributed by atoms with Gasteiger partial charge in [-0.05, 0) is 30.7 Å². The lowest BCUT2D eigenvalue weighted by atomic mass is 10.1. The van der Waals surface area contributed by atoms with E-state index in [1.54, 1.807) is 23.3 Å². The van der Waals surface area contributed by atoms with Crippen molar-refractivity contribution in [3.05, 3.63) is 60.4 Å². The van der Waals surface area contributed by atoms with Gasteiger partial charge in [0.1, 0.15) is 5.69 Å². The van der Waals surface area contributed by atoms with E-state index in [1.807, 2.05) is 24.3 Å². The quantitative estimate of drug-likeness (QED) is 0.553. The lowest BCUT2D eigenvalue weighted by Gasteiger charge is -2.15. The number of aromatic nitrogens is 4. The highest BCUT2D eigenvalue weighted by Crippen LogP contribution is 2.28. The Morgan fingerprint density at radius 2 is 2.00 bits per heavy atom. The molecule has 1 aromatic carbocycles. The van der Waals surface area contributed by atoms with Crippen LogP contribution in [0.5, 0.6) is 0 Å². The number of likely N-dealkylation sites (tertiary alicyclic amines) is 1. The molecule has 0 spiro atoms. The summed E-state index contributed by atoms with van der Waals surface area (Å²) in [6, 6.07) is 11.0. The summed E-state index contributed by atoms with van der Waals surface area (Å²) in [5, 5.41) is 4.05. The molecular formula is C19H15N5O3. The first-order chi connectivity index (χ1) is 13.3. The van der Waals surface area contributed by atoms with Crippen LogP contribution in [0.25, 0.3) is 22.7 Å². The number of hydrogen-bond donors (Lipinski definition) is 0. The first-order valence-electron chi connectivity index (χ1n) is 8.66. The largest absolute Gasteiger partial charge is 0.459 e. The van der Waals surface area contributed by atoms with Gasteiger partial charge in [0.2, 0.25) is 0 Å². The normalized spacial score (nSPS) is 16.9. The topological polar surface area (TPSA) is 98.2 Å². The molecule has 4 aromatic rings. The van der Waals surface area contributed by atoms with E-state index >= 15 is 0 Å². The molecule has 8 heteroatoms. The third kappa shape index (κ3) is 2.84. The van der Waals surface area contributed by atoms with Crippen molar-refractivity contribution in [3.8, 4) is 11.7 Å². The van der Waals surface area contributed by atoms with Crippen molar-refractivity contribution in [1.29, 1.82) is 0 Å². The molecule has 0 N–H and O–H groups in total. The summed E-state index contributed by atoms with van der Waals surface area (Å²) in [5.74, 6) is 1.35. The van der Waals surface area contributed by atoms with Crippen LogP contribution in [0.2, 0.25) is 0 Å². The zero-order valence-electron chi connectivity index (χ0n) is 14.3. The second-order valence-corrected chi connectivity index (χ2v) is 6.42. The molecular weight excluding hydrogens is 346 g/mol. The number of benzene rings is 1. The molecule has 1 amide bonds. The molecule has 5 rings (SSSR count). The van der Waals surface area contributed by atoms with Crippen LogP contribution in [0.4, 0.5) is 0 Å². The Labute approximate surface area is 153 Å². The zero-order chi connectivity index (χ0) is 18.2. The maximum absolute atomic E-state index is 12.8. The van der Waals surface area contributed by atoms with Gasteiger partial charge in [0.25, 0.3) is 11.8 Å². The molecule has 1 atom stereocenters. The predicted octanol–water partition coefficient (Wildman–Crippen LogP) is 2.90. The first-order valence-corrected chi connectivity index (χ1v) is 8.66. The number of nitrogens with zero attached hydrogens (tertiary/aromatic N) is 5. The first kappa shape index (κ1) is 15.7. The van der Waals surface area contributed by atoms with Gasteiger partial charge in [-0.1, -0.05) is 17.3 Å². The van der Waals surface area contributed by atoms with Crippen LogP contribution in [0.15, 0.2) is 57.8 Å². The summed E-state index contributed by atoms with van der Waals surface area (Å²) in [6.07, 6.45) is 3.85. The molecule has 0 radical (unpaired) electrons. The summed E-state index contributed by atoms with van der Waals surface area (Å²) >= 11 is 0. The van der Waals surface area contributed by atoms with E-state index in [1.165, 1.54) is 6.20 Å². The van der Waals surface area contributed by atoms with Gasteiger partial charge in [0.15, 0.2) is 11.6 Å². The molecule has 1 aliphatic heterocycles. The van der Waals surface area contributed by atoms with Crippen LogP contribution in [0.3, 0.4) is 0 Å². The van der Waals surface area contributed by atoms with Crippen molar-refractivity contribution in [2.24, 2.45) is 0 Å². The summed E-state index contributed by atoms with van der Waals surface area (Å²) in [5.41, 5.74) is 1.82. The van der Waals surface area contributed by atoms with Crippen LogP contribution < -0.4 is 0 Å². The van der Waals surface area contributed by atoms with E-state index in [-0.39, 0.29) is 11.8 Å². The van der Waals surface area contributed by atoms with Gasteiger partial charge < -0.3 is 13.8 Å². The Kier molecular flexibility index (Phi) is 3.67. The lowest BCUT2D eigenvalue weighted by molar-refractivity contribution is 0.0784. The summed E-state index contributed by atoms with van der Waals surface area (Å²) < 4.78 is 10.5. The van der Waals surface area contributed by atoms with E-state index in [0.29, 0.717) is 41.8 Å². The van der Waals surface area contributed by atoms with E-state index < -0.39 is 0 Å².